The van der Waals surface area contributed by atoms with Gasteiger partial charge >= 0.3 is 5.97 Å². The van der Waals surface area contributed by atoms with Gasteiger partial charge in [-0.25, -0.2) is 0 Å². The van der Waals surface area contributed by atoms with Gasteiger partial charge in [-0.1, -0.05) is 23.8 Å². The molecule has 3 fully saturated rings. The first kappa shape index (κ1) is 26.3. The number of carboxylic acids is 1. The summed E-state index contributed by atoms with van der Waals surface area (Å²) < 4.78 is 0. The molecule has 2 N–H and O–H groups in total. The van der Waals surface area contributed by atoms with Crippen molar-refractivity contribution in [3.63, 3.8) is 0 Å². The highest BCUT2D eigenvalue weighted by Crippen LogP contribution is 2.42. The van der Waals surface area contributed by atoms with E-state index in [0.29, 0.717) is 17.7 Å². The highest BCUT2D eigenvalue weighted by molar-refractivity contribution is 7.20. The summed E-state index contributed by atoms with van der Waals surface area (Å²) in [6.45, 7) is 12.9. The maximum Gasteiger partial charge on any atom is 0.317 e. The summed E-state index contributed by atoms with van der Waals surface area (Å²) in [7, 11) is 0. The van der Waals surface area contributed by atoms with Crippen LogP contribution in [0.4, 0.5) is 0 Å². The predicted molar refractivity (Wildman–Crippen MR) is 157 cm³/mol. The van der Waals surface area contributed by atoms with Crippen molar-refractivity contribution in [2.45, 2.75) is 58.0 Å². The normalized spacial score (nSPS) is 21.7. The van der Waals surface area contributed by atoms with Gasteiger partial charge in [0.2, 0.25) is 0 Å². The lowest BCUT2D eigenvalue weighted by molar-refractivity contribution is -0.138. The van der Waals surface area contributed by atoms with Gasteiger partial charge in [-0.15, -0.1) is 11.3 Å². The molecule has 2 bridgehead atoms. The lowest BCUT2D eigenvalue weighted by Gasteiger charge is -2.33. The topological polar surface area (TPSA) is 79.9 Å². The van der Waals surface area contributed by atoms with Gasteiger partial charge < -0.3 is 19.9 Å². The lowest BCUT2D eigenvalue weighted by Crippen LogP contribution is -2.48. The highest BCUT2D eigenvalue weighted by atomic mass is 32.1. The summed E-state index contributed by atoms with van der Waals surface area (Å²) in [5, 5.41) is 10.3. The zero-order chi connectivity index (χ0) is 27.3. The number of thiophene rings is 1. The van der Waals surface area contributed by atoms with Crippen LogP contribution in [0.2, 0.25) is 0 Å². The van der Waals surface area contributed by atoms with Crippen molar-refractivity contribution in [2.75, 3.05) is 39.3 Å². The minimum atomic E-state index is -0.762. The summed E-state index contributed by atoms with van der Waals surface area (Å²) >= 11 is 1.64. The van der Waals surface area contributed by atoms with E-state index in [1.165, 1.54) is 27.6 Å². The van der Waals surface area contributed by atoms with Gasteiger partial charge in [0.15, 0.2) is 0 Å². The van der Waals surface area contributed by atoms with Crippen LogP contribution < -0.4 is 0 Å². The molecule has 0 spiro atoms. The van der Waals surface area contributed by atoms with Gasteiger partial charge in [0.1, 0.15) is 4.83 Å². The van der Waals surface area contributed by atoms with Gasteiger partial charge in [0.25, 0.3) is 5.91 Å². The molecule has 39 heavy (non-hydrogen) atoms. The number of piperazine rings is 1. The second-order valence-corrected chi connectivity index (χ2v) is 12.7. The van der Waals surface area contributed by atoms with E-state index in [1.54, 1.807) is 11.3 Å². The molecule has 0 radical (unpaired) electrons. The average molecular weight is 547 g/mol. The number of hydrogen-bond acceptors (Lipinski definition) is 5. The number of nitrogens with one attached hydrogen (secondary N) is 1. The quantitative estimate of drug-likeness (QED) is 0.392. The van der Waals surface area contributed by atoms with Crippen LogP contribution in [0, 0.1) is 13.8 Å². The SMILES string of the molecule is C=C(C(=O)N1C2CCC1CC2)c1cc2c(CCN3CCN(CC(=O)O)CC3)c(-c3cc(C)cc(C)c3)[nH]c2s1. The van der Waals surface area contributed by atoms with Crippen LogP contribution in [-0.2, 0) is 16.0 Å². The second-order valence-electron chi connectivity index (χ2n) is 11.6. The van der Waals surface area contributed by atoms with E-state index >= 15 is 0 Å². The zero-order valence-electron chi connectivity index (χ0n) is 23.0. The average Bonchev–Trinajstić information content (AvgIpc) is 3.67. The Balaban J connectivity index is 1.27. The number of carbonyl (C=O) groups excluding carboxylic acids is 1. The van der Waals surface area contributed by atoms with Crippen molar-refractivity contribution < 1.29 is 14.7 Å². The monoisotopic (exact) mass is 546 g/mol. The Bertz CT molecular complexity index is 1390. The van der Waals surface area contributed by atoms with Crippen LogP contribution >= 0.6 is 11.3 Å². The molecule has 3 aliphatic rings. The van der Waals surface area contributed by atoms with Gasteiger partial charge in [0, 0.05) is 60.6 Å². The van der Waals surface area contributed by atoms with E-state index in [0.717, 1.165) is 80.2 Å². The molecule has 7 nitrogen and oxygen atoms in total. The van der Waals surface area contributed by atoms with Crippen LogP contribution in [0.25, 0.3) is 27.0 Å². The highest BCUT2D eigenvalue weighted by Gasteiger charge is 2.43. The van der Waals surface area contributed by atoms with Crippen molar-refractivity contribution in [1.82, 2.24) is 19.7 Å². The molecule has 1 amide bonds. The number of aromatic amines is 1. The Hall–Kier alpha value is -2.94. The van der Waals surface area contributed by atoms with E-state index in [-0.39, 0.29) is 12.5 Å². The molecule has 6 rings (SSSR count). The molecule has 0 atom stereocenters. The number of fused-ring (bicyclic) bond motifs is 3. The molecule has 5 heterocycles. The van der Waals surface area contributed by atoms with Crippen molar-refractivity contribution in [1.29, 1.82) is 0 Å². The van der Waals surface area contributed by atoms with Crippen molar-refractivity contribution in [2.24, 2.45) is 0 Å². The van der Waals surface area contributed by atoms with E-state index < -0.39 is 5.97 Å². The second kappa shape index (κ2) is 10.6. The molecule has 8 heteroatoms. The number of aliphatic carboxylic acids is 1. The van der Waals surface area contributed by atoms with Crippen LogP contribution in [0.15, 0.2) is 30.8 Å². The molecule has 0 unspecified atom stereocenters. The Morgan fingerprint density at radius 1 is 0.974 bits per heavy atom. The Morgan fingerprint density at radius 2 is 1.59 bits per heavy atom. The molecule has 0 saturated carbocycles. The van der Waals surface area contributed by atoms with Crippen LogP contribution in [0.5, 0.6) is 0 Å². The number of amides is 1. The van der Waals surface area contributed by atoms with E-state index in [9.17, 15) is 9.59 Å². The summed E-state index contributed by atoms with van der Waals surface area (Å²) in [6, 6.07) is 9.65. The number of rotatable bonds is 8. The number of aryl methyl sites for hydroxylation is 2. The first-order chi connectivity index (χ1) is 18.8. The van der Waals surface area contributed by atoms with Crippen molar-refractivity contribution >= 4 is 39.0 Å². The molecule has 3 aliphatic heterocycles. The third-order valence-electron chi connectivity index (χ3n) is 8.85. The summed E-state index contributed by atoms with van der Waals surface area (Å²) in [5.41, 5.74) is 6.74. The molecule has 206 valence electrons. The smallest absolute Gasteiger partial charge is 0.317 e. The van der Waals surface area contributed by atoms with Crippen LogP contribution in [-0.4, -0.2) is 88.0 Å². The van der Waals surface area contributed by atoms with E-state index in [2.05, 4.69) is 59.5 Å². The fourth-order valence-electron chi connectivity index (χ4n) is 6.94. The first-order valence-electron chi connectivity index (χ1n) is 14.2. The molecular formula is C31H38N4O3S. The van der Waals surface area contributed by atoms with E-state index in [4.69, 9.17) is 5.11 Å². The lowest BCUT2D eigenvalue weighted by atomic mass is 9.99. The van der Waals surface area contributed by atoms with Crippen molar-refractivity contribution in [3.05, 3.63) is 52.4 Å². The van der Waals surface area contributed by atoms with Gasteiger partial charge in [0.05, 0.1) is 12.2 Å². The number of hydrogen-bond donors (Lipinski definition) is 2. The van der Waals surface area contributed by atoms with Crippen LogP contribution in [0.1, 0.15) is 47.3 Å². The number of nitrogens with zero attached hydrogens (tertiary/aromatic N) is 3. The summed E-state index contributed by atoms with van der Waals surface area (Å²) in [4.78, 5) is 36.9. The third kappa shape index (κ3) is 5.17. The maximum atomic E-state index is 13.5. The van der Waals surface area contributed by atoms with E-state index in [1.807, 2.05) is 4.90 Å². The standard InChI is InChI=1S/C31H38N4O3S/c1-19-14-20(2)16-22(15-19)29-25(8-9-33-10-12-34(13-11-33)18-28(36)37)26-17-27(39-30(26)32-29)21(3)31(38)35-23-4-5-24(35)7-6-23/h14-17,23-24,32H,3-13,18H2,1-2H3,(H,36,37). The molecule has 3 saturated heterocycles. The summed E-state index contributed by atoms with van der Waals surface area (Å²) in [6.07, 6.45) is 5.39. The molecule has 0 aliphatic carbocycles. The molecule has 1 aromatic carbocycles. The zero-order valence-corrected chi connectivity index (χ0v) is 23.8. The Kier molecular flexibility index (Phi) is 7.12. The Labute approximate surface area is 234 Å². The maximum absolute atomic E-state index is 13.5. The predicted octanol–water partition coefficient (Wildman–Crippen LogP) is 4.92. The fraction of sp³-hybridized carbons (Fsp3) is 0.484. The van der Waals surface area contributed by atoms with Gasteiger partial charge in [-0.3, -0.25) is 14.5 Å². The van der Waals surface area contributed by atoms with Gasteiger partial charge in [-0.2, -0.15) is 0 Å². The van der Waals surface area contributed by atoms with Crippen LogP contribution in [0.3, 0.4) is 0 Å². The van der Waals surface area contributed by atoms with Crippen molar-refractivity contribution in [3.8, 4) is 11.3 Å². The largest absolute Gasteiger partial charge is 0.480 e. The summed E-state index contributed by atoms with van der Waals surface area (Å²) in [5.74, 6) is -0.652. The minimum absolute atomic E-state index is 0.110. The Morgan fingerprint density at radius 3 is 2.21 bits per heavy atom. The number of H-pyrrole nitrogens is 1. The number of carbonyl (C=O) groups is 2. The number of benzene rings is 1. The molecule has 2 aromatic heterocycles. The molecule has 3 aromatic rings. The first-order valence-corrected chi connectivity index (χ1v) is 15.0. The number of aromatic nitrogens is 1. The fourth-order valence-corrected chi connectivity index (χ4v) is 8.00. The molecular weight excluding hydrogens is 508 g/mol. The third-order valence-corrected chi connectivity index (χ3v) is 9.96. The van der Waals surface area contributed by atoms with Gasteiger partial charge in [-0.05, 0) is 75.3 Å². The number of carboxylic acid groups (broad SMARTS) is 1. The minimum Gasteiger partial charge on any atom is -0.480 e.